The molecule has 1 amide bonds. The van der Waals surface area contributed by atoms with Gasteiger partial charge in [0.2, 0.25) is 5.91 Å². The zero-order valence-electron chi connectivity index (χ0n) is 17.6. The van der Waals surface area contributed by atoms with Gasteiger partial charge in [-0.2, -0.15) is 0 Å². The number of anilines is 1. The molecule has 0 saturated heterocycles. The van der Waals surface area contributed by atoms with E-state index in [-0.39, 0.29) is 22.9 Å². The molecule has 0 unspecified atom stereocenters. The van der Waals surface area contributed by atoms with Gasteiger partial charge in [0.15, 0.2) is 10.9 Å². The predicted molar refractivity (Wildman–Crippen MR) is 116 cm³/mol. The summed E-state index contributed by atoms with van der Waals surface area (Å²) in [6.07, 6.45) is 6.07. The summed E-state index contributed by atoms with van der Waals surface area (Å²) >= 11 is 1.48. The van der Waals surface area contributed by atoms with Gasteiger partial charge in [-0.1, -0.05) is 44.9 Å². The fourth-order valence-corrected chi connectivity index (χ4v) is 4.68. The molecule has 1 aromatic carbocycles. The van der Waals surface area contributed by atoms with Crippen LogP contribution in [0.3, 0.4) is 0 Å². The standard InChI is InChI=1S/C22H30N4O2S/c1-14(2)21(28)23-18-12-10-17(11-13-18)20(27)15(3)29-22-25-24-16(4)26(22)19-8-6-5-7-9-19/h10-15,19H,5-9H2,1-4H3,(H,23,28)/t15-/m1/s1. The predicted octanol–water partition coefficient (Wildman–Crippen LogP) is 5.05. The lowest BCUT2D eigenvalue weighted by molar-refractivity contribution is -0.118. The minimum atomic E-state index is -0.267. The van der Waals surface area contributed by atoms with Gasteiger partial charge in [-0.3, -0.25) is 9.59 Å². The Balaban J connectivity index is 1.67. The molecule has 1 atom stereocenters. The molecule has 3 rings (SSSR count). The molecule has 1 heterocycles. The number of ketones is 1. The normalized spacial score (nSPS) is 16.0. The Morgan fingerprint density at radius 2 is 1.72 bits per heavy atom. The lowest BCUT2D eigenvalue weighted by Crippen LogP contribution is -2.19. The van der Waals surface area contributed by atoms with Crippen molar-refractivity contribution in [2.75, 3.05) is 5.32 Å². The van der Waals surface area contributed by atoms with Crippen molar-refractivity contribution in [3.05, 3.63) is 35.7 Å². The highest BCUT2D eigenvalue weighted by atomic mass is 32.2. The summed E-state index contributed by atoms with van der Waals surface area (Å²) in [5.74, 6) is 0.847. The number of Topliss-reactive ketones (excluding diaryl/α,β-unsaturated/α-hetero) is 1. The minimum Gasteiger partial charge on any atom is -0.326 e. The summed E-state index contributed by atoms with van der Waals surface area (Å²) in [5, 5.41) is 12.0. The van der Waals surface area contributed by atoms with Crippen LogP contribution >= 0.6 is 11.8 Å². The van der Waals surface area contributed by atoms with Crippen molar-refractivity contribution >= 4 is 29.1 Å². The van der Waals surface area contributed by atoms with Gasteiger partial charge in [0.1, 0.15) is 5.82 Å². The second kappa shape index (κ2) is 9.57. The summed E-state index contributed by atoms with van der Waals surface area (Å²) < 4.78 is 2.22. The van der Waals surface area contributed by atoms with Crippen LogP contribution in [0.4, 0.5) is 5.69 Å². The Morgan fingerprint density at radius 1 is 1.07 bits per heavy atom. The first kappa shape index (κ1) is 21.6. The van der Waals surface area contributed by atoms with E-state index in [0.717, 1.165) is 23.8 Å². The summed E-state index contributed by atoms with van der Waals surface area (Å²) in [4.78, 5) is 24.7. The van der Waals surface area contributed by atoms with Crippen LogP contribution in [0, 0.1) is 12.8 Å². The van der Waals surface area contributed by atoms with Crippen LogP contribution in [-0.4, -0.2) is 31.7 Å². The van der Waals surface area contributed by atoms with Crippen LogP contribution in [0.15, 0.2) is 29.4 Å². The second-order valence-corrected chi connectivity index (χ2v) is 9.35. The number of benzene rings is 1. The van der Waals surface area contributed by atoms with Crippen molar-refractivity contribution < 1.29 is 9.59 Å². The Morgan fingerprint density at radius 3 is 2.34 bits per heavy atom. The van der Waals surface area contributed by atoms with Crippen molar-refractivity contribution in [2.45, 2.75) is 76.2 Å². The van der Waals surface area contributed by atoms with E-state index in [1.807, 2.05) is 27.7 Å². The van der Waals surface area contributed by atoms with Crippen molar-refractivity contribution in [2.24, 2.45) is 5.92 Å². The van der Waals surface area contributed by atoms with Crippen molar-refractivity contribution in [3.8, 4) is 0 Å². The number of thioether (sulfide) groups is 1. The van der Waals surface area contributed by atoms with Crippen LogP contribution in [0.2, 0.25) is 0 Å². The average molecular weight is 415 g/mol. The number of nitrogens with one attached hydrogen (secondary N) is 1. The highest BCUT2D eigenvalue weighted by molar-refractivity contribution is 8.00. The van der Waals surface area contributed by atoms with Gasteiger partial charge in [0.05, 0.1) is 5.25 Å². The van der Waals surface area contributed by atoms with E-state index in [0.29, 0.717) is 17.3 Å². The molecule has 1 fully saturated rings. The third-order valence-electron chi connectivity index (χ3n) is 5.39. The molecule has 6 nitrogen and oxygen atoms in total. The molecule has 1 aliphatic rings. The minimum absolute atomic E-state index is 0.0366. The number of hydrogen-bond acceptors (Lipinski definition) is 5. The topological polar surface area (TPSA) is 76.9 Å². The Kier molecular flexibility index (Phi) is 7.11. The number of nitrogens with zero attached hydrogens (tertiary/aromatic N) is 3. The van der Waals surface area contributed by atoms with Crippen LogP contribution in [0.5, 0.6) is 0 Å². The molecule has 7 heteroatoms. The average Bonchev–Trinajstić information content (AvgIpc) is 3.08. The van der Waals surface area contributed by atoms with Gasteiger partial charge < -0.3 is 9.88 Å². The maximum atomic E-state index is 12.9. The molecule has 1 saturated carbocycles. The lowest BCUT2D eigenvalue weighted by Gasteiger charge is -2.25. The molecule has 156 valence electrons. The summed E-state index contributed by atoms with van der Waals surface area (Å²) in [6.45, 7) is 7.60. The quantitative estimate of drug-likeness (QED) is 0.507. The van der Waals surface area contributed by atoms with E-state index in [4.69, 9.17) is 0 Å². The zero-order valence-corrected chi connectivity index (χ0v) is 18.5. The second-order valence-electron chi connectivity index (χ2n) is 8.04. The Bertz CT molecular complexity index is 854. The van der Waals surface area contributed by atoms with Crippen molar-refractivity contribution in [1.29, 1.82) is 0 Å². The first-order valence-electron chi connectivity index (χ1n) is 10.4. The number of carbonyl (C=O) groups excluding carboxylic acids is 2. The molecule has 29 heavy (non-hydrogen) atoms. The molecule has 0 spiro atoms. The maximum absolute atomic E-state index is 12.9. The molecule has 1 aliphatic carbocycles. The summed E-state index contributed by atoms with van der Waals surface area (Å²) in [6, 6.07) is 7.53. The van der Waals surface area contributed by atoms with Crippen LogP contribution in [-0.2, 0) is 4.79 Å². The largest absolute Gasteiger partial charge is 0.326 e. The molecular weight excluding hydrogens is 384 g/mol. The maximum Gasteiger partial charge on any atom is 0.226 e. The molecule has 0 radical (unpaired) electrons. The van der Waals surface area contributed by atoms with Gasteiger partial charge in [0.25, 0.3) is 0 Å². The monoisotopic (exact) mass is 414 g/mol. The number of hydrogen-bond donors (Lipinski definition) is 1. The van der Waals surface area contributed by atoms with E-state index in [2.05, 4.69) is 20.1 Å². The fraction of sp³-hybridized carbons (Fsp3) is 0.545. The van der Waals surface area contributed by atoms with E-state index in [1.54, 1.807) is 24.3 Å². The fourth-order valence-electron chi connectivity index (χ4n) is 3.64. The third kappa shape index (κ3) is 5.26. The molecule has 2 aromatic rings. The van der Waals surface area contributed by atoms with E-state index < -0.39 is 0 Å². The Hall–Kier alpha value is -2.15. The smallest absolute Gasteiger partial charge is 0.226 e. The van der Waals surface area contributed by atoms with Gasteiger partial charge in [0, 0.05) is 23.2 Å². The van der Waals surface area contributed by atoms with Crippen molar-refractivity contribution in [3.63, 3.8) is 0 Å². The third-order valence-corrected chi connectivity index (χ3v) is 6.44. The molecular formula is C22H30N4O2S. The molecule has 1 N–H and O–H groups in total. The van der Waals surface area contributed by atoms with Crippen LogP contribution in [0.1, 0.15) is 75.1 Å². The summed E-state index contributed by atoms with van der Waals surface area (Å²) in [5.41, 5.74) is 1.33. The van der Waals surface area contributed by atoms with Gasteiger partial charge >= 0.3 is 0 Å². The Labute approximate surface area is 176 Å². The number of aromatic nitrogens is 3. The van der Waals surface area contributed by atoms with E-state index in [9.17, 15) is 9.59 Å². The van der Waals surface area contributed by atoms with Crippen LogP contribution in [0.25, 0.3) is 0 Å². The highest BCUT2D eigenvalue weighted by Gasteiger charge is 2.25. The number of rotatable bonds is 7. The van der Waals surface area contributed by atoms with Crippen molar-refractivity contribution in [1.82, 2.24) is 14.8 Å². The zero-order chi connectivity index (χ0) is 21.0. The lowest BCUT2D eigenvalue weighted by atomic mass is 9.95. The number of amides is 1. The molecule has 0 aliphatic heterocycles. The molecule has 0 bridgehead atoms. The SMILES string of the molecule is Cc1nnc(S[C@H](C)C(=O)c2ccc(NC(=O)C(C)C)cc2)n1C1CCCCC1. The highest BCUT2D eigenvalue weighted by Crippen LogP contribution is 2.34. The van der Waals surface area contributed by atoms with E-state index in [1.165, 1.54) is 31.0 Å². The molecule has 1 aromatic heterocycles. The first-order chi connectivity index (χ1) is 13.9. The van der Waals surface area contributed by atoms with Gasteiger partial charge in [-0.05, 0) is 51.0 Å². The first-order valence-corrected chi connectivity index (χ1v) is 11.3. The summed E-state index contributed by atoms with van der Waals surface area (Å²) in [7, 11) is 0. The van der Waals surface area contributed by atoms with E-state index >= 15 is 0 Å². The number of carbonyl (C=O) groups is 2. The van der Waals surface area contributed by atoms with Gasteiger partial charge in [-0.15, -0.1) is 10.2 Å². The van der Waals surface area contributed by atoms with Crippen LogP contribution < -0.4 is 5.32 Å². The van der Waals surface area contributed by atoms with Gasteiger partial charge in [-0.25, -0.2) is 0 Å². The number of aryl methyl sites for hydroxylation is 1.